The van der Waals surface area contributed by atoms with Gasteiger partial charge in [-0.15, -0.1) is 0 Å². The van der Waals surface area contributed by atoms with Gasteiger partial charge in [0.15, 0.2) is 0 Å². The minimum Gasteiger partial charge on any atom is -0.402 e. The fourth-order valence-electron chi connectivity index (χ4n) is 2.57. The van der Waals surface area contributed by atoms with Gasteiger partial charge in [-0.25, -0.2) is 0 Å². The first-order valence-corrected chi connectivity index (χ1v) is 6.33. The van der Waals surface area contributed by atoms with Gasteiger partial charge in [-0.2, -0.15) is 0 Å². The maximum atomic E-state index is 5.94. The van der Waals surface area contributed by atoms with Gasteiger partial charge >= 0.3 is 0 Å². The van der Waals surface area contributed by atoms with Gasteiger partial charge < -0.3 is 5.73 Å². The highest BCUT2D eigenvalue weighted by molar-refractivity contribution is 5.47. The molecule has 0 aromatic carbocycles. The van der Waals surface area contributed by atoms with E-state index in [1.54, 1.807) is 0 Å². The van der Waals surface area contributed by atoms with Crippen molar-refractivity contribution in [2.24, 2.45) is 23.5 Å². The van der Waals surface area contributed by atoms with E-state index >= 15 is 0 Å². The Morgan fingerprint density at radius 1 is 1.35 bits per heavy atom. The van der Waals surface area contributed by atoms with Gasteiger partial charge in [0.2, 0.25) is 0 Å². The van der Waals surface area contributed by atoms with Crippen LogP contribution in [0.2, 0.25) is 0 Å². The van der Waals surface area contributed by atoms with E-state index in [0.29, 0.717) is 11.8 Å². The van der Waals surface area contributed by atoms with Crippen molar-refractivity contribution < 1.29 is 0 Å². The van der Waals surface area contributed by atoms with Crippen molar-refractivity contribution in [1.29, 1.82) is 0 Å². The third-order valence-electron chi connectivity index (χ3n) is 3.33. The molecule has 0 aromatic heterocycles. The summed E-state index contributed by atoms with van der Waals surface area (Å²) in [4.78, 5) is 0. The van der Waals surface area contributed by atoms with Crippen LogP contribution in [-0.2, 0) is 0 Å². The summed E-state index contributed by atoms with van der Waals surface area (Å²) >= 11 is 0. The highest BCUT2D eigenvalue weighted by atomic mass is 14.6. The summed E-state index contributed by atoms with van der Waals surface area (Å²) in [7, 11) is 0. The first-order valence-electron chi connectivity index (χ1n) is 6.33. The molecule has 1 heteroatoms. The Morgan fingerprint density at radius 3 is 2.35 bits per heavy atom. The number of nitrogens with two attached hydrogens (primary N) is 1. The van der Waals surface area contributed by atoms with Crippen LogP contribution in [0.5, 0.6) is 0 Å². The lowest BCUT2D eigenvalue weighted by molar-refractivity contribution is 0.412. The third-order valence-corrected chi connectivity index (χ3v) is 3.33. The molecule has 0 heterocycles. The zero-order valence-electron chi connectivity index (χ0n) is 11.6. The van der Waals surface area contributed by atoms with E-state index in [4.69, 9.17) is 5.73 Å². The number of allylic oxidation sites excluding steroid dienone is 5. The molecule has 17 heavy (non-hydrogen) atoms. The Bertz CT molecular complexity index is 382. The van der Waals surface area contributed by atoms with Gasteiger partial charge in [-0.1, -0.05) is 44.7 Å². The second-order valence-corrected chi connectivity index (χ2v) is 5.60. The highest BCUT2D eigenvalue weighted by Gasteiger charge is 2.25. The topological polar surface area (TPSA) is 26.0 Å². The molecule has 0 spiro atoms. The molecule has 1 aliphatic rings. The Balaban J connectivity index is 3.04. The molecular formula is C16H25N. The largest absolute Gasteiger partial charge is 0.402 e. The fourth-order valence-corrected chi connectivity index (χ4v) is 2.57. The van der Waals surface area contributed by atoms with E-state index in [1.165, 1.54) is 11.1 Å². The van der Waals surface area contributed by atoms with Gasteiger partial charge in [-0.3, -0.25) is 0 Å². The predicted octanol–water partition coefficient (Wildman–Crippen LogP) is 4.20. The molecule has 0 fully saturated rings. The fraction of sp³-hybridized carbons (Fsp3) is 0.500. The van der Waals surface area contributed by atoms with Crippen molar-refractivity contribution in [2.75, 3.05) is 0 Å². The van der Waals surface area contributed by atoms with Crippen LogP contribution in [-0.4, -0.2) is 0 Å². The van der Waals surface area contributed by atoms with Crippen molar-refractivity contribution in [2.45, 2.75) is 34.1 Å². The first kappa shape index (κ1) is 13.8. The molecule has 0 bridgehead atoms. The molecule has 2 atom stereocenters. The average molecular weight is 231 g/mol. The lowest BCUT2D eigenvalue weighted by Crippen LogP contribution is -2.23. The van der Waals surface area contributed by atoms with E-state index < -0.39 is 0 Å². The molecule has 0 saturated heterocycles. The van der Waals surface area contributed by atoms with Crippen LogP contribution < -0.4 is 5.73 Å². The van der Waals surface area contributed by atoms with E-state index in [2.05, 4.69) is 46.1 Å². The quantitative estimate of drug-likeness (QED) is 0.771. The summed E-state index contributed by atoms with van der Waals surface area (Å²) in [5.41, 5.74) is 10.4. The molecule has 0 amide bonds. The van der Waals surface area contributed by atoms with Crippen molar-refractivity contribution in [3.05, 3.63) is 47.7 Å². The monoisotopic (exact) mass is 231 g/mol. The molecule has 1 aliphatic carbocycles. The van der Waals surface area contributed by atoms with Gasteiger partial charge in [0.25, 0.3) is 0 Å². The Labute approximate surface area is 106 Å². The molecule has 1 rings (SSSR count). The second-order valence-electron chi connectivity index (χ2n) is 5.60. The van der Waals surface area contributed by atoms with E-state index in [1.807, 2.05) is 6.92 Å². The van der Waals surface area contributed by atoms with Crippen LogP contribution in [0, 0.1) is 17.8 Å². The van der Waals surface area contributed by atoms with Gasteiger partial charge in [0.05, 0.1) is 0 Å². The molecule has 1 nitrogen and oxygen atoms in total. The summed E-state index contributed by atoms with van der Waals surface area (Å²) in [5.74, 6) is 1.41. The Morgan fingerprint density at radius 2 is 1.94 bits per heavy atom. The summed E-state index contributed by atoms with van der Waals surface area (Å²) in [6.07, 6.45) is 5.73. The van der Waals surface area contributed by atoms with Crippen LogP contribution in [0.4, 0.5) is 0 Å². The zero-order valence-corrected chi connectivity index (χ0v) is 11.6. The minimum atomic E-state index is 0.257. The minimum absolute atomic E-state index is 0.257. The van der Waals surface area contributed by atoms with E-state index in [9.17, 15) is 0 Å². The van der Waals surface area contributed by atoms with Gasteiger partial charge in [0, 0.05) is 11.6 Å². The van der Waals surface area contributed by atoms with Crippen molar-refractivity contribution in [3.63, 3.8) is 0 Å². The lowest BCUT2D eigenvalue weighted by Gasteiger charge is -2.30. The van der Waals surface area contributed by atoms with Crippen LogP contribution in [0.3, 0.4) is 0 Å². The number of hydrogen-bond acceptors (Lipinski definition) is 1. The van der Waals surface area contributed by atoms with Crippen LogP contribution in [0.25, 0.3) is 0 Å². The average Bonchev–Trinajstić information content (AvgIpc) is 2.15. The van der Waals surface area contributed by atoms with Gasteiger partial charge in [-0.05, 0) is 43.3 Å². The molecule has 0 saturated carbocycles. The number of hydrogen-bond donors (Lipinski definition) is 1. The molecule has 2 unspecified atom stereocenters. The number of rotatable bonds is 4. The maximum Gasteiger partial charge on any atom is 0.0230 e. The first-order chi connectivity index (χ1) is 7.82. The highest BCUT2D eigenvalue weighted by Crippen LogP contribution is 2.36. The molecule has 94 valence electrons. The lowest BCUT2D eigenvalue weighted by atomic mass is 9.76. The standard InChI is InChI=1S/C16H25N/c1-10(2)7-14-8-12(5)15(11(3)4)9-16(14)13(6)17/h8-10,14,16H,3,6-7,17H2,1-2,4-5H3. The van der Waals surface area contributed by atoms with Crippen LogP contribution in [0.1, 0.15) is 34.1 Å². The van der Waals surface area contributed by atoms with Gasteiger partial charge in [0.1, 0.15) is 0 Å². The maximum absolute atomic E-state index is 5.94. The van der Waals surface area contributed by atoms with E-state index in [0.717, 1.165) is 17.7 Å². The summed E-state index contributed by atoms with van der Waals surface area (Å²) in [6, 6.07) is 0. The molecule has 0 radical (unpaired) electrons. The molecule has 0 aromatic rings. The smallest absolute Gasteiger partial charge is 0.0230 e. The van der Waals surface area contributed by atoms with Crippen LogP contribution in [0.15, 0.2) is 47.7 Å². The van der Waals surface area contributed by atoms with Crippen molar-refractivity contribution in [3.8, 4) is 0 Å². The molecule has 2 N–H and O–H groups in total. The molecule has 0 aliphatic heterocycles. The summed E-state index contributed by atoms with van der Waals surface area (Å²) in [5, 5.41) is 0. The third kappa shape index (κ3) is 3.36. The summed E-state index contributed by atoms with van der Waals surface area (Å²) < 4.78 is 0. The SMILES string of the molecule is C=C(C)C1=CC(C(=C)N)C(CC(C)C)C=C1C. The molecular weight excluding hydrogens is 206 g/mol. The normalized spacial score (nSPS) is 24.3. The van der Waals surface area contributed by atoms with Crippen molar-refractivity contribution >= 4 is 0 Å². The van der Waals surface area contributed by atoms with Crippen LogP contribution >= 0.6 is 0 Å². The zero-order chi connectivity index (χ0) is 13.2. The second kappa shape index (κ2) is 5.39. The van der Waals surface area contributed by atoms with E-state index in [-0.39, 0.29) is 5.92 Å². The van der Waals surface area contributed by atoms with Crippen molar-refractivity contribution in [1.82, 2.24) is 0 Å². The Hall–Kier alpha value is -1.24. The summed E-state index contributed by atoms with van der Waals surface area (Å²) in [6.45, 7) is 16.7. The Kier molecular flexibility index (Phi) is 4.39. The predicted molar refractivity (Wildman–Crippen MR) is 76.4 cm³/mol.